The number of Topliss-reactive ketones (excluding diaryl/α,β-unsaturated/α-hetero) is 1. The summed E-state index contributed by atoms with van der Waals surface area (Å²) in [7, 11) is 1.29. The van der Waals surface area contributed by atoms with Crippen LogP contribution in [0.4, 0.5) is 10.1 Å². The maximum Gasteiger partial charge on any atom is 0.251 e. The summed E-state index contributed by atoms with van der Waals surface area (Å²) >= 11 is 5.72. The first-order chi connectivity index (χ1) is 16.3. The number of ether oxygens (including phenoxy) is 1. The van der Waals surface area contributed by atoms with Crippen LogP contribution in [0.1, 0.15) is 31.8 Å². The van der Waals surface area contributed by atoms with Crippen molar-refractivity contribution in [3.63, 3.8) is 0 Å². The van der Waals surface area contributed by atoms with Crippen molar-refractivity contribution in [1.29, 1.82) is 0 Å². The molecule has 10 heteroatoms. The fourth-order valence-corrected chi connectivity index (χ4v) is 4.63. The Morgan fingerprint density at radius 1 is 1.24 bits per heavy atom. The Balaban J connectivity index is 1.59. The van der Waals surface area contributed by atoms with Crippen LogP contribution in [0.3, 0.4) is 0 Å². The monoisotopic (exact) mass is 499 g/mol. The number of benzene rings is 2. The maximum atomic E-state index is 13.8. The standard InChI is InChI=1S/C24H19ClFN3O4S/c1-29-20-7-5-16(24(31)28-13-15-4-8-22(33-2)27-12-15)11-17(20)23(30)21(34(29)32)10-14-3-6-18(25)19(26)9-14/h3-12H,13H2,1-2H3,(H,28,31)/b21-10-. The summed E-state index contributed by atoms with van der Waals surface area (Å²) in [4.78, 5) is 30.0. The zero-order valence-electron chi connectivity index (χ0n) is 18.2. The van der Waals surface area contributed by atoms with Gasteiger partial charge in [-0.2, -0.15) is 0 Å². The van der Waals surface area contributed by atoms with Gasteiger partial charge in [-0.3, -0.25) is 13.9 Å². The molecule has 1 aromatic heterocycles. The predicted molar refractivity (Wildman–Crippen MR) is 129 cm³/mol. The fourth-order valence-electron chi connectivity index (χ4n) is 3.37. The zero-order valence-corrected chi connectivity index (χ0v) is 19.7. The molecule has 1 N–H and O–H groups in total. The SMILES string of the molecule is COc1ccc(CNC(=O)c2ccc3c(c2)C(=O)/C(=C/c2ccc(Cl)c(F)c2)S(=O)N3C)cn1. The number of hydrogen-bond donors (Lipinski definition) is 1. The number of aromatic nitrogens is 1. The number of rotatable bonds is 5. The number of carbonyl (C=O) groups excluding carboxylic acids is 2. The van der Waals surface area contributed by atoms with E-state index in [1.165, 1.54) is 35.7 Å². The Kier molecular flexibility index (Phi) is 6.76. The van der Waals surface area contributed by atoms with Crippen LogP contribution in [0.2, 0.25) is 5.02 Å². The average Bonchev–Trinajstić information content (AvgIpc) is 2.85. The van der Waals surface area contributed by atoms with E-state index in [4.69, 9.17) is 16.3 Å². The largest absolute Gasteiger partial charge is 0.481 e. The Labute approximate surface area is 202 Å². The molecule has 174 valence electrons. The van der Waals surface area contributed by atoms with Crippen LogP contribution in [-0.4, -0.2) is 35.0 Å². The van der Waals surface area contributed by atoms with Crippen LogP contribution in [0.5, 0.6) is 5.88 Å². The summed E-state index contributed by atoms with van der Waals surface area (Å²) in [6, 6.07) is 12.1. The topological polar surface area (TPSA) is 88.6 Å². The predicted octanol–water partition coefficient (Wildman–Crippen LogP) is 4.15. The second kappa shape index (κ2) is 9.74. The lowest BCUT2D eigenvalue weighted by atomic mass is 10.0. The van der Waals surface area contributed by atoms with Gasteiger partial charge >= 0.3 is 0 Å². The molecule has 1 unspecified atom stereocenters. The van der Waals surface area contributed by atoms with Gasteiger partial charge in [0, 0.05) is 37.0 Å². The van der Waals surface area contributed by atoms with Gasteiger partial charge in [0.05, 0.1) is 17.8 Å². The minimum atomic E-state index is -1.80. The van der Waals surface area contributed by atoms with E-state index in [1.54, 1.807) is 37.5 Å². The molecule has 0 radical (unpaired) electrons. The second-order valence-corrected chi connectivity index (χ2v) is 9.27. The Morgan fingerprint density at radius 3 is 2.71 bits per heavy atom. The van der Waals surface area contributed by atoms with Gasteiger partial charge < -0.3 is 10.1 Å². The lowest BCUT2D eigenvalue weighted by molar-refractivity contribution is 0.0951. The second-order valence-electron chi connectivity index (χ2n) is 7.38. The van der Waals surface area contributed by atoms with Crippen molar-refractivity contribution < 1.29 is 22.9 Å². The smallest absolute Gasteiger partial charge is 0.251 e. The number of halogens is 2. The van der Waals surface area contributed by atoms with Crippen molar-refractivity contribution in [2.75, 3.05) is 18.5 Å². The summed E-state index contributed by atoms with van der Waals surface area (Å²) in [6.07, 6.45) is 2.96. The van der Waals surface area contributed by atoms with Gasteiger partial charge in [-0.1, -0.05) is 23.7 Å². The van der Waals surface area contributed by atoms with Crippen molar-refractivity contribution in [2.24, 2.45) is 0 Å². The molecule has 0 bridgehead atoms. The molecule has 0 spiro atoms. The molecule has 7 nitrogen and oxygen atoms in total. The third kappa shape index (κ3) is 4.71. The van der Waals surface area contributed by atoms with E-state index in [0.717, 1.165) is 11.6 Å². The number of carbonyl (C=O) groups is 2. The number of methoxy groups -OCH3 is 1. The number of fused-ring (bicyclic) bond motifs is 1. The van der Waals surface area contributed by atoms with Crippen molar-refractivity contribution in [2.45, 2.75) is 6.54 Å². The fraction of sp³-hybridized carbons (Fsp3) is 0.125. The Bertz CT molecular complexity index is 1340. The molecule has 1 atom stereocenters. The van der Waals surface area contributed by atoms with E-state index in [9.17, 15) is 18.2 Å². The molecule has 3 aromatic rings. The third-order valence-corrected chi connectivity index (χ3v) is 6.88. The van der Waals surface area contributed by atoms with Crippen molar-refractivity contribution >= 4 is 46.0 Å². The molecule has 1 aliphatic rings. The summed E-state index contributed by atoms with van der Waals surface area (Å²) in [6.45, 7) is 0.234. The summed E-state index contributed by atoms with van der Waals surface area (Å²) in [5, 5.41) is 2.73. The number of nitrogens with one attached hydrogen (secondary N) is 1. The number of pyridine rings is 1. The van der Waals surface area contributed by atoms with Crippen LogP contribution >= 0.6 is 11.6 Å². The van der Waals surface area contributed by atoms with E-state index in [1.807, 2.05) is 0 Å². The molecule has 34 heavy (non-hydrogen) atoms. The molecule has 0 saturated carbocycles. The molecule has 0 fully saturated rings. The van der Waals surface area contributed by atoms with Gasteiger partial charge in [0.2, 0.25) is 11.7 Å². The zero-order chi connectivity index (χ0) is 24.4. The number of anilines is 1. The minimum absolute atomic E-state index is 0.0291. The van der Waals surface area contributed by atoms with Crippen LogP contribution in [0, 0.1) is 5.82 Å². The van der Waals surface area contributed by atoms with Gasteiger partial charge in [0.1, 0.15) is 10.7 Å². The van der Waals surface area contributed by atoms with Crippen LogP contribution in [0.15, 0.2) is 59.6 Å². The van der Waals surface area contributed by atoms with E-state index in [0.29, 0.717) is 17.1 Å². The first-order valence-electron chi connectivity index (χ1n) is 10.1. The lowest BCUT2D eigenvalue weighted by Crippen LogP contribution is -2.32. The first kappa shape index (κ1) is 23.6. The van der Waals surface area contributed by atoms with Crippen molar-refractivity contribution in [1.82, 2.24) is 10.3 Å². The quantitative estimate of drug-likeness (QED) is 0.533. The average molecular weight is 500 g/mol. The Hall–Kier alpha value is -3.56. The third-order valence-electron chi connectivity index (χ3n) is 5.20. The van der Waals surface area contributed by atoms with Gasteiger partial charge in [0.25, 0.3) is 5.91 Å². The highest BCUT2D eigenvalue weighted by Crippen LogP contribution is 2.33. The van der Waals surface area contributed by atoms with Gasteiger partial charge in [0.15, 0.2) is 11.0 Å². The van der Waals surface area contributed by atoms with Crippen molar-refractivity contribution in [3.8, 4) is 5.88 Å². The molecule has 2 heterocycles. The highest BCUT2D eigenvalue weighted by molar-refractivity contribution is 7.91. The molecule has 1 amide bonds. The molecule has 4 rings (SSSR count). The molecule has 0 saturated heterocycles. The van der Waals surface area contributed by atoms with Gasteiger partial charge in [-0.25, -0.2) is 13.6 Å². The minimum Gasteiger partial charge on any atom is -0.481 e. The normalized spacial score (nSPS) is 16.4. The maximum absolute atomic E-state index is 13.8. The molecular formula is C24H19ClFN3O4S. The summed E-state index contributed by atoms with van der Waals surface area (Å²) in [5.74, 6) is -1.07. The number of amides is 1. The number of allylic oxidation sites excluding steroid dienone is 1. The van der Waals surface area contributed by atoms with Crippen LogP contribution in [-0.2, 0) is 17.5 Å². The highest BCUT2D eigenvalue weighted by atomic mass is 35.5. The van der Waals surface area contributed by atoms with E-state index >= 15 is 0 Å². The summed E-state index contributed by atoms with van der Waals surface area (Å²) in [5.41, 5.74) is 2.04. The van der Waals surface area contributed by atoms with E-state index in [-0.39, 0.29) is 33.5 Å². The molecule has 1 aliphatic heterocycles. The summed E-state index contributed by atoms with van der Waals surface area (Å²) < 4.78 is 33.2. The molecular weight excluding hydrogens is 481 g/mol. The van der Waals surface area contributed by atoms with Crippen LogP contribution in [0.25, 0.3) is 6.08 Å². The number of nitrogens with zero attached hydrogens (tertiary/aromatic N) is 2. The van der Waals surface area contributed by atoms with E-state index in [2.05, 4.69) is 10.3 Å². The Morgan fingerprint density at radius 2 is 2.03 bits per heavy atom. The molecule has 2 aromatic carbocycles. The van der Waals surface area contributed by atoms with E-state index < -0.39 is 22.6 Å². The molecule has 0 aliphatic carbocycles. The number of ketones is 1. The first-order valence-corrected chi connectivity index (χ1v) is 11.5. The van der Waals surface area contributed by atoms with Gasteiger partial charge in [-0.15, -0.1) is 0 Å². The van der Waals surface area contributed by atoms with Gasteiger partial charge in [-0.05, 0) is 47.5 Å². The number of hydrogen-bond acceptors (Lipinski definition) is 5. The lowest BCUT2D eigenvalue weighted by Gasteiger charge is -2.27. The van der Waals surface area contributed by atoms with Crippen molar-refractivity contribution in [3.05, 3.63) is 92.7 Å². The van der Waals surface area contributed by atoms with Crippen LogP contribution < -0.4 is 14.4 Å². The highest BCUT2D eigenvalue weighted by Gasteiger charge is 2.32.